The summed E-state index contributed by atoms with van der Waals surface area (Å²) in [7, 11) is 3.13. The molecular weight excluding hydrogens is 356 g/mol. The zero-order valence-electron chi connectivity index (χ0n) is 15.4. The minimum Gasteiger partial charge on any atom is -0.495 e. The maximum atomic E-state index is 12.1. The number of hydrogen-bond donors (Lipinski definition) is 1. The monoisotopic (exact) mass is 382 g/mol. The number of amides is 1. The van der Waals surface area contributed by atoms with Crippen molar-refractivity contribution in [1.82, 2.24) is 9.80 Å². The summed E-state index contributed by atoms with van der Waals surface area (Å²) in [6, 6.07) is 5.82. The number of rotatable bonds is 5. The Labute approximate surface area is 159 Å². The van der Waals surface area contributed by atoms with Gasteiger partial charge in [0.25, 0.3) is 0 Å². The molecule has 0 bridgehead atoms. The van der Waals surface area contributed by atoms with E-state index in [9.17, 15) is 9.90 Å². The third-order valence-electron chi connectivity index (χ3n) is 5.60. The van der Waals surface area contributed by atoms with Crippen LogP contribution in [-0.4, -0.2) is 73.4 Å². The molecule has 3 rings (SSSR count). The van der Waals surface area contributed by atoms with Gasteiger partial charge in [0.2, 0.25) is 5.91 Å². The van der Waals surface area contributed by atoms with E-state index in [0.29, 0.717) is 30.3 Å². The van der Waals surface area contributed by atoms with Gasteiger partial charge in [-0.05, 0) is 30.5 Å². The fourth-order valence-electron chi connectivity index (χ4n) is 4.02. The van der Waals surface area contributed by atoms with Crippen LogP contribution >= 0.6 is 11.6 Å². The Morgan fingerprint density at radius 2 is 2.08 bits per heavy atom. The highest BCUT2D eigenvalue weighted by Gasteiger charge is 2.45. The van der Waals surface area contributed by atoms with E-state index in [1.165, 1.54) is 7.11 Å². The Bertz CT molecular complexity index is 656. The highest BCUT2D eigenvalue weighted by molar-refractivity contribution is 6.32. The largest absolute Gasteiger partial charge is 0.495 e. The summed E-state index contributed by atoms with van der Waals surface area (Å²) in [5.74, 6) is 0.719. The van der Waals surface area contributed by atoms with E-state index in [1.807, 2.05) is 23.1 Å². The first-order chi connectivity index (χ1) is 12.4. The maximum absolute atomic E-state index is 12.1. The fraction of sp³-hybridized carbons (Fsp3) is 0.632. The number of fused-ring (bicyclic) bond motifs is 1. The van der Waals surface area contributed by atoms with Gasteiger partial charge in [-0.25, -0.2) is 0 Å². The second-order valence-electron chi connectivity index (χ2n) is 7.28. The van der Waals surface area contributed by atoms with Crippen LogP contribution in [0.4, 0.5) is 0 Å². The van der Waals surface area contributed by atoms with Crippen molar-refractivity contribution in [3.63, 3.8) is 0 Å². The minimum absolute atomic E-state index is 0.00592. The van der Waals surface area contributed by atoms with Crippen LogP contribution in [0.5, 0.6) is 5.75 Å². The van der Waals surface area contributed by atoms with E-state index in [-0.39, 0.29) is 18.4 Å². The average molecular weight is 383 g/mol. The van der Waals surface area contributed by atoms with Gasteiger partial charge < -0.3 is 19.5 Å². The Balaban J connectivity index is 1.64. The number of piperidine rings is 2. The molecule has 0 aromatic heterocycles. The second kappa shape index (κ2) is 8.13. The van der Waals surface area contributed by atoms with E-state index in [4.69, 9.17) is 21.1 Å². The van der Waals surface area contributed by atoms with Crippen LogP contribution in [-0.2, 0) is 16.1 Å². The molecule has 1 aromatic rings. The van der Waals surface area contributed by atoms with Crippen LogP contribution in [0.1, 0.15) is 18.4 Å². The highest BCUT2D eigenvalue weighted by atomic mass is 35.5. The molecule has 0 spiro atoms. The number of benzene rings is 1. The normalized spacial score (nSPS) is 26.5. The maximum Gasteiger partial charge on any atom is 0.248 e. The number of carbonyl (C=O) groups excluding carboxylic acids is 1. The number of hydrogen-bond acceptors (Lipinski definition) is 5. The number of ether oxygens (including phenoxy) is 2. The molecule has 0 aliphatic carbocycles. The third-order valence-corrected chi connectivity index (χ3v) is 5.89. The average Bonchev–Trinajstić information content (AvgIpc) is 2.62. The van der Waals surface area contributed by atoms with Crippen molar-refractivity contribution in [2.45, 2.75) is 25.0 Å². The number of halogens is 1. The van der Waals surface area contributed by atoms with Crippen LogP contribution in [0.15, 0.2) is 18.2 Å². The molecule has 7 heteroatoms. The molecule has 0 saturated carbocycles. The minimum atomic E-state index is -0.669. The van der Waals surface area contributed by atoms with Gasteiger partial charge in [0.15, 0.2) is 0 Å². The summed E-state index contributed by atoms with van der Waals surface area (Å²) in [6.07, 6.45) is 1.36. The predicted octanol–water partition coefficient (Wildman–Crippen LogP) is 1.78. The van der Waals surface area contributed by atoms with Gasteiger partial charge in [-0.2, -0.15) is 0 Å². The summed E-state index contributed by atoms with van der Waals surface area (Å²) in [4.78, 5) is 16.3. The first-order valence-corrected chi connectivity index (χ1v) is 9.37. The molecule has 1 N–H and O–H groups in total. The molecule has 144 valence electrons. The smallest absolute Gasteiger partial charge is 0.248 e. The molecule has 1 amide bonds. The topological polar surface area (TPSA) is 62.2 Å². The Kier molecular flexibility index (Phi) is 6.07. The molecule has 0 unspecified atom stereocenters. The summed E-state index contributed by atoms with van der Waals surface area (Å²) >= 11 is 6.22. The molecule has 2 fully saturated rings. The van der Waals surface area contributed by atoms with Crippen LogP contribution < -0.4 is 4.74 Å². The van der Waals surface area contributed by atoms with Gasteiger partial charge in [0, 0.05) is 45.8 Å². The number of carbonyl (C=O) groups is 1. The summed E-state index contributed by atoms with van der Waals surface area (Å²) in [6.45, 7) is 3.64. The molecule has 26 heavy (non-hydrogen) atoms. The number of nitrogens with zero attached hydrogens (tertiary/aromatic N) is 2. The van der Waals surface area contributed by atoms with Crippen molar-refractivity contribution in [2.75, 3.05) is 47.0 Å². The molecule has 2 aliphatic rings. The fourth-order valence-corrected chi connectivity index (χ4v) is 4.30. The Hall–Kier alpha value is -1.34. The van der Waals surface area contributed by atoms with E-state index >= 15 is 0 Å². The van der Waals surface area contributed by atoms with Crippen molar-refractivity contribution in [3.8, 4) is 5.75 Å². The highest BCUT2D eigenvalue weighted by Crippen LogP contribution is 2.36. The summed E-state index contributed by atoms with van der Waals surface area (Å²) < 4.78 is 10.2. The van der Waals surface area contributed by atoms with Crippen molar-refractivity contribution in [1.29, 1.82) is 0 Å². The van der Waals surface area contributed by atoms with E-state index in [1.54, 1.807) is 7.11 Å². The van der Waals surface area contributed by atoms with Crippen LogP contribution in [0.25, 0.3) is 0 Å². The van der Waals surface area contributed by atoms with Gasteiger partial charge in [-0.1, -0.05) is 17.7 Å². The van der Waals surface area contributed by atoms with E-state index in [0.717, 1.165) is 31.6 Å². The van der Waals surface area contributed by atoms with Crippen molar-refractivity contribution < 1.29 is 19.4 Å². The lowest BCUT2D eigenvalue weighted by Crippen LogP contribution is -2.60. The third kappa shape index (κ3) is 4.14. The number of aliphatic hydroxyl groups is 1. The molecule has 6 nitrogen and oxygen atoms in total. The van der Waals surface area contributed by atoms with E-state index in [2.05, 4.69) is 4.90 Å². The molecule has 2 atom stereocenters. The summed E-state index contributed by atoms with van der Waals surface area (Å²) in [5.41, 5.74) is 0.446. The Morgan fingerprint density at radius 3 is 2.77 bits per heavy atom. The van der Waals surface area contributed by atoms with Crippen LogP contribution in [0, 0.1) is 5.92 Å². The zero-order chi connectivity index (χ0) is 18.7. The van der Waals surface area contributed by atoms with Gasteiger partial charge >= 0.3 is 0 Å². The van der Waals surface area contributed by atoms with Gasteiger partial charge in [-0.3, -0.25) is 9.69 Å². The molecule has 2 heterocycles. The molecule has 0 radical (unpaired) electrons. The van der Waals surface area contributed by atoms with Crippen molar-refractivity contribution in [3.05, 3.63) is 28.8 Å². The molecule has 2 saturated heterocycles. The first-order valence-electron chi connectivity index (χ1n) is 8.99. The van der Waals surface area contributed by atoms with Crippen molar-refractivity contribution in [2.24, 2.45) is 5.92 Å². The van der Waals surface area contributed by atoms with Gasteiger partial charge in [-0.15, -0.1) is 0 Å². The zero-order valence-corrected chi connectivity index (χ0v) is 16.2. The van der Waals surface area contributed by atoms with Gasteiger partial charge in [0.1, 0.15) is 12.4 Å². The summed E-state index contributed by atoms with van der Waals surface area (Å²) in [5, 5.41) is 11.6. The molecule has 2 aliphatic heterocycles. The Morgan fingerprint density at radius 1 is 1.31 bits per heavy atom. The van der Waals surface area contributed by atoms with Gasteiger partial charge in [0.05, 0.1) is 17.7 Å². The molecule has 1 aromatic carbocycles. The number of likely N-dealkylation sites (tertiary alicyclic amines) is 2. The molecular formula is C19H27ClN2O4. The lowest BCUT2D eigenvalue weighted by atomic mass is 9.75. The lowest BCUT2D eigenvalue weighted by molar-refractivity contribution is -0.150. The van der Waals surface area contributed by atoms with E-state index < -0.39 is 5.60 Å². The first kappa shape index (κ1) is 19.4. The SMILES string of the molecule is COCC(=O)N1CC[C@]2(O)CCN(Cc3ccc(OC)c(Cl)c3)C[C@@H]2C1. The predicted molar refractivity (Wildman–Crippen MR) is 99.4 cm³/mol. The van der Waals surface area contributed by atoms with Crippen molar-refractivity contribution >= 4 is 17.5 Å². The van der Waals surface area contributed by atoms with Crippen LogP contribution in [0.2, 0.25) is 5.02 Å². The number of methoxy groups -OCH3 is 2. The quantitative estimate of drug-likeness (QED) is 0.841. The lowest BCUT2D eigenvalue weighted by Gasteiger charge is -2.50. The van der Waals surface area contributed by atoms with Crippen LogP contribution in [0.3, 0.4) is 0 Å². The second-order valence-corrected chi connectivity index (χ2v) is 7.68. The standard InChI is InChI=1S/C19H27ClN2O4/c1-25-13-18(23)22-8-6-19(24)5-7-21(11-15(19)12-22)10-14-3-4-17(26-2)16(20)9-14/h3-4,9,15,24H,5-8,10-13H2,1-2H3/t15-,19-/m1/s1.